The molecule has 0 spiro atoms. The van der Waals surface area contributed by atoms with Gasteiger partial charge in [-0.25, -0.2) is 4.79 Å². The number of aliphatic hydroxyl groups is 1. The molecule has 1 aromatic carbocycles. The van der Waals surface area contributed by atoms with Gasteiger partial charge in [0, 0.05) is 24.8 Å². The smallest absolute Gasteiger partial charge is 0.321 e. The molecule has 0 radical (unpaired) electrons. The summed E-state index contributed by atoms with van der Waals surface area (Å²) in [5, 5.41) is 14.6. The van der Waals surface area contributed by atoms with Gasteiger partial charge in [0.15, 0.2) is 0 Å². The lowest BCUT2D eigenvalue weighted by Gasteiger charge is -2.24. The number of carbonyl (C=O) groups is 2. The summed E-state index contributed by atoms with van der Waals surface area (Å²) in [5.41, 5.74) is 1.94. The number of aryl methyl sites for hydroxylation is 1. The highest BCUT2D eigenvalue weighted by Crippen LogP contribution is 2.17. The Labute approximate surface area is 125 Å². The first-order valence-corrected chi connectivity index (χ1v) is 6.94. The highest BCUT2D eigenvalue weighted by Gasteiger charge is 2.16. The van der Waals surface area contributed by atoms with E-state index in [4.69, 9.17) is 5.11 Å². The molecule has 6 heteroatoms. The Bertz CT molecular complexity index is 517. The van der Waals surface area contributed by atoms with Crippen LogP contribution in [0.4, 0.5) is 10.5 Å². The summed E-state index contributed by atoms with van der Waals surface area (Å²) in [6.45, 7) is 5.89. The SMILES string of the molecule is CCNC(=O)c1ccc(C)c(NC(=O)N(C)C(C)CO)c1. The second kappa shape index (κ2) is 7.64. The lowest BCUT2D eigenvalue weighted by Crippen LogP contribution is -2.40. The molecule has 0 heterocycles. The van der Waals surface area contributed by atoms with Gasteiger partial charge in [-0.2, -0.15) is 0 Å². The normalized spacial score (nSPS) is 11.7. The molecule has 1 aromatic rings. The largest absolute Gasteiger partial charge is 0.394 e. The highest BCUT2D eigenvalue weighted by molar-refractivity contribution is 5.97. The third kappa shape index (κ3) is 4.46. The van der Waals surface area contributed by atoms with Gasteiger partial charge in [-0.15, -0.1) is 0 Å². The molecule has 116 valence electrons. The van der Waals surface area contributed by atoms with Gasteiger partial charge in [0.05, 0.1) is 12.6 Å². The van der Waals surface area contributed by atoms with Crippen molar-refractivity contribution < 1.29 is 14.7 Å². The Morgan fingerprint density at radius 1 is 1.38 bits per heavy atom. The van der Waals surface area contributed by atoms with E-state index in [1.54, 1.807) is 32.2 Å². The van der Waals surface area contributed by atoms with Crippen LogP contribution in [0.2, 0.25) is 0 Å². The molecule has 0 aromatic heterocycles. The zero-order chi connectivity index (χ0) is 16.0. The van der Waals surface area contributed by atoms with Crippen LogP contribution in [0.15, 0.2) is 18.2 Å². The first-order valence-electron chi connectivity index (χ1n) is 6.94. The zero-order valence-corrected chi connectivity index (χ0v) is 12.9. The van der Waals surface area contributed by atoms with E-state index in [2.05, 4.69) is 10.6 Å². The predicted molar refractivity (Wildman–Crippen MR) is 82.5 cm³/mol. The quantitative estimate of drug-likeness (QED) is 0.771. The standard InChI is InChI=1S/C15H23N3O3/c1-5-16-14(20)12-7-6-10(2)13(8-12)17-15(21)18(4)11(3)9-19/h6-8,11,19H,5,9H2,1-4H3,(H,16,20)(H,17,21). The fourth-order valence-electron chi connectivity index (χ4n) is 1.69. The molecular formula is C15H23N3O3. The van der Waals surface area contributed by atoms with Gasteiger partial charge in [0.1, 0.15) is 0 Å². The molecule has 1 unspecified atom stereocenters. The summed E-state index contributed by atoms with van der Waals surface area (Å²) in [4.78, 5) is 25.3. The minimum Gasteiger partial charge on any atom is -0.394 e. The number of amides is 3. The molecule has 0 bridgehead atoms. The van der Waals surface area contributed by atoms with Crippen LogP contribution in [-0.4, -0.2) is 48.2 Å². The van der Waals surface area contributed by atoms with E-state index in [1.165, 1.54) is 4.90 Å². The first kappa shape index (κ1) is 17.0. The van der Waals surface area contributed by atoms with E-state index >= 15 is 0 Å². The number of hydrogen-bond donors (Lipinski definition) is 3. The summed E-state index contributed by atoms with van der Waals surface area (Å²) in [6.07, 6.45) is 0. The summed E-state index contributed by atoms with van der Waals surface area (Å²) in [5.74, 6) is -0.176. The maximum atomic E-state index is 12.1. The van der Waals surface area contributed by atoms with Crippen molar-refractivity contribution in [2.24, 2.45) is 0 Å². The molecule has 0 aliphatic heterocycles. The average Bonchev–Trinajstić information content (AvgIpc) is 2.47. The van der Waals surface area contributed by atoms with Crippen molar-refractivity contribution in [3.05, 3.63) is 29.3 Å². The van der Waals surface area contributed by atoms with Crippen LogP contribution in [-0.2, 0) is 0 Å². The summed E-state index contributed by atoms with van der Waals surface area (Å²) in [7, 11) is 1.61. The molecule has 0 fully saturated rings. The third-order valence-electron chi connectivity index (χ3n) is 3.32. The number of hydrogen-bond acceptors (Lipinski definition) is 3. The minimum absolute atomic E-state index is 0.109. The number of likely N-dealkylation sites (N-methyl/N-ethyl adjacent to an activating group) is 1. The molecule has 3 amide bonds. The van der Waals surface area contributed by atoms with E-state index in [0.717, 1.165) is 5.56 Å². The number of nitrogens with one attached hydrogen (secondary N) is 2. The Morgan fingerprint density at radius 2 is 2.05 bits per heavy atom. The van der Waals surface area contributed by atoms with Gasteiger partial charge >= 0.3 is 6.03 Å². The van der Waals surface area contributed by atoms with Crippen LogP contribution in [0.3, 0.4) is 0 Å². The van der Waals surface area contributed by atoms with Crippen LogP contribution in [0.1, 0.15) is 29.8 Å². The Hall–Kier alpha value is -2.08. The summed E-state index contributed by atoms with van der Waals surface area (Å²) in [6, 6.07) is 4.55. The van der Waals surface area contributed by atoms with Crippen molar-refractivity contribution in [3.63, 3.8) is 0 Å². The average molecular weight is 293 g/mol. The van der Waals surface area contributed by atoms with Crippen molar-refractivity contribution in [1.29, 1.82) is 0 Å². The number of aliphatic hydroxyl groups excluding tert-OH is 1. The van der Waals surface area contributed by atoms with E-state index in [9.17, 15) is 9.59 Å². The number of urea groups is 1. The Morgan fingerprint density at radius 3 is 2.62 bits per heavy atom. The maximum absolute atomic E-state index is 12.1. The van der Waals surface area contributed by atoms with Gasteiger partial charge in [-0.05, 0) is 38.5 Å². The topological polar surface area (TPSA) is 81.7 Å². The number of anilines is 1. The van der Waals surface area contributed by atoms with E-state index < -0.39 is 0 Å². The van der Waals surface area contributed by atoms with E-state index in [0.29, 0.717) is 17.8 Å². The summed E-state index contributed by atoms with van der Waals surface area (Å²) >= 11 is 0. The monoisotopic (exact) mass is 293 g/mol. The van der Waals surface area contributed by atoms with Gasteiger partial charge in [0.2, 0.25) is 0 Å². The third-order valence-corrected chi connectivity index (χ3v) is 3.32. The van der Waals surface area contributed by atoms with Crippen molar-refractivity contribution >= 4 is 17.6 Å². The Kier molecular flexibility index (Phi) is 6.17. The minimum atomic E-state index is -0.326. The van der Waals surface area contributed by atoms with E-state index in [-0.39, 0.29) is 24.6 Å². The van der Waals surface area contributed by atoms with Crippen molar-refractivity contribution in [3.8, 4) is 0 Å². The van der Waals surface area contributed by atoms with Crippen molar-refractivity contribution in [2.75, 3.05) is 25.5 Å². The lowest BCUT2D eigenvalue weighted by atomic mass is 10.1. The Balaban J connectivity index is 2.90. The number of carbonyl (C=O) groups excluding carboxylic acids is 2. The molecule has 0 saturated carbocycles. The molecule has 0 aliphatic rings. The highest BCUT2D eigenvalue weighted by atomic mass is 16.3. The molecular weight excluding hydrogens is 270 g/mol. The van der Waals surface area contributed by atoms with Crippen molar-refractivity contribution in [1.82, 2.24) is 10.2 Å². The zero-order valence-electron chi connectivity index (χ0n) is 12.9. The predicted octanol–water partition coefficient (Wildman–Crippen LogP) is 1.59. The van der Waals surface area contributed by atoms with E-state index in [1.807, 2.05) is 13.8 Å². The van der Waals surface area contributed by atoms with Crippen LogP contribution < -0.4 is 10.6 Å². The van der Waals surface area contributed by atoms with Crippen LogP contribution in [0, 0.1) is 6.92 Å². The molecule has 1 rings (SSSR count). The van der Waals surface area contributed by atoms with Gasteiger partial charge in [-0.3, -0.25) is 4.79 Å². The second-order valence-corrected chi connectivity index (χ2v) is 4.96. The molecule has 3 N–H and O–H groups in total. The number of nitrogens with zero attached hydrogens (tertiary/aromatic N) is 1. The van der Waals surface area contributed by atoms with Crippen LogP contribution >= 0.6 is 0 Å². The second-order valence-electron chi connectivity index (χ2n) is 4.96. The van der Waals surface area contributed by atoms with Crippen LogP contribution in [0.5, 0.6) is 0 Å². The molecule has 0 aliphatic carbocycles. The molecule has 21 heavy (non-hydrogen) atoms. The fourth-order valence-corrected chi connectivity index (χ4v) is 1.69. The van der Waals surface area contributed by atoms with Gasteiger partial charge in [-0.1, -0.05) is 6.07 Å². The number of rotatable bonds is 5. The maximum Gasteiger partial charge on any atom is 0.321 e. The lowest BCUT2D eigenvalue weighted by molar-refractivity contribution is 0.0956. The molecule has 0 saturated heterocycles. The number of benzene rings is 1. The van der Waals surface area contributed by atoms with Crippen LogP contribution in [0.25, 0.3) is 0 Å². The fraction of sp³-hybridized carbons (Fsp3) is 0.467. The summed E-state index contributed by atoms with van der Waals surface area (Å²) < 4.78 is 0. The molecule has 6 nitrogen and oxygen atoms in total. The van der Waals surface area contributed by atoms with Gasteiger partial charge in [0.25, 0.3) is 5.91 Å². The molecule has 1 atom stereocenters. The first-order chi connectivity index (χ1) is 9.90. The van der Waals surface area contributed by atoms with Gasteiger partial charge < -0.3 is 20.6 Å². The van der Waals surface area contributed by atoms with Crippen molar-refractivity contribution in [2.45, 2.75) is 26.8 Å².